The quantitative estimate of drug-likeness (QED) is 0.502. The van der Waals surface area contributed by atoms with Crippen LogP contribution in [0.25, 0.3) is 5.70 Å². The zero-order valence-corrected chi connectivity index (χ0v) is 12.4. The van der Waals surface area contributed by atoms with Crippen LogP contribution in [-0.2, 0) is 9.53 Å². The summed E-state index contributed by atoms with van der Waals surface area (Å²) < 4.78 is 4.74. The minimum absolute atomic E-state index is 0.0113. The van der Waals surface area contributed by atoms with Crippen LogP contribution in [-0.4, -0.2) is 13.1 Å². The number of carbonyl (C=O) groups is 1. The number of hydrogen-bond donors (Lipinski definition) is 2. The molecule has 0 radical (unpaired) electrons. The fraction of sp³-hybridized carbons (Fsp3) is 0.118. The lowest BCUT2D eigenvalue weighted by Crippen LogP contribution is -2.33. The highest BCUT2D eigenvalue weighted by atomic mass is 16.5. The predicted molar refractivity (Wildman–Crippen MR) is 87.3 cm³/mol. The molecule has 4 N–H and O–H groups in total. The van der Waals surface area contributed by atoms with Crippen molar-refractivity contribution in [3.8, 4) is 0 Å². The Kier molecular flexibility index (Phi) is 5.16. The molecule has 2 rings (SSSR count). The van der Waals surface area contributed by atoms with Gasteiger partial charge in [0.05, 0.1) is 30.6 Å². The third-order valence-corrected chi connectivity index (χ3v) is 3.26. The van der Waals surface area contributed by atoms with Gasteiger partial charge >= 0.3 is 5.97 Å². The maximum absolute atomic E-state index is 11.7. The first-order chi connectivity index (χ1) is 10.6. The Labute approximate surface area is 129 Å². The molecule has 0 heterocycles. The third kappa shape index (κ3) is 3.65. The van der Waals surface area contributed by atoms with Gasteiger partial charge in [-0.05, 0) is 17.7 Å². The topological polar surface area (TPSA) is 81.6 Å². The Bertz CT molecular complexity index is 654. The van der Waals surface area contributed by atoms with Gasteiger partial charge in [-0.25, -0.2) is 5.84 Å². The predicted octanol–water partition coefficient (Wildman–Crippen LogP) is 2.26. The van der Waals surface area contributed by atoms with Crippen molar-refractivity contribution < 1.29 is 9.53 Å². The minimum Gasteiger partial charge on any atom is -0.469 e. The number of anilines is 1. The van der Waals surface area contributed by atoms with E-state index < -0.39 is 5.97 Å². The molecule has 0 spiro atoms. The summed E-state index contributed by atoms with van der Waals surface area (Å²) in [6, 6.07) is 18.7. The smallest absolute Gasteiger partial charge is 0.311 e. The van der Waals surface area contributed by atoms with E-state index in [0.29, 0.717) is 11.4 Å². The SMILES string of the molecule is COC(=O)C/C(=C(/N)c1ccccc1)N(N)c1ccccc1. The maximum atomic E-state index is 11.7. The van der Waals surface area contributed by atoms with Crippen molar-refractivity contribution in [2.24, 2.45) is 11.6 Å². The Morgan fingerprint density at radius 3 is 2.14 bits per heavy atom. The number of esters is 1. The van der Waals surface area contributed by atoms with Crippen molar-refractivity contribution in [1.82, 2.24) is 0 Å². The number of hydrogen-bond acceptors (Lipinski definition) is 5. The van der Waals surface area contributed by atoms with Gasteiger partial charge in [-0.2, -0.15) is 0 Å². The van der Waals surface area contributed by atoms with Crippen LogP contribution in [0.5, 0.6) is 0 Å². The van der Waals surface area contributed by atoms with Crippen LogP contribution < -0.4 is 16.6 Å². The van der Waals surface area contributed by atoms with Gasteiger partial charge in [0, 0.05) is 0 Å². The fourth-order valence-corrected chi connectivity index (χ4v) is 2.05. The summed E-state index contributed by atoms with van der Waals surface area (Å²) >= 11 is 0. The van der Waals surface area contributed by atoms with E-state index in [2.05, 4.69) is 0 Å². The number of carbonyl (C=O) groups excluding carboxylic acids is 1. The van der Waals surface area contributed by atoms with E-state index in [4.69, 9.17) is 16.3 Å². The number of para-hydroxylation sites is 1. The maximum Gasteiger partial charge on any atom is 0.311 e. The third-order valence-electron chi connectivity index (χ3n) is 3.26. The highest BCUT2D eigenvalue weighted by Crippen LogP contribution is 2.23. The summed E-state index contributed by atoms with van der Waals surface area (Å²) in [6.07, 6.45) is -0.0113. The molecule has 0 atom stereocenters. The van der Waals surface area contributed by atoms with Crippen LogP contribution in [0.1, 0.15) is 12.0 Å². The molecule has 5 nitrogen and oxygen atoms in total. The molecule has 0 aliphatic rings. The van der Waals surface area contributed by atoms with Crippen LogP contribution in [0.2, 0.25) is 0 Å². The van der Waals surface area contributed by atoms with E-state index in [0.717, 1.165) is 11.3 Å². The molecule has 0 bridgehead atoms. The molecule has 0 fully saturated rings. The van der Waals surface area contributed by atoms with E-state index >= 15 is 0 Å². The number of ether oxygens (including phenoxy) is 1. The molecule has 114 valence electrons. The van der Waals surface area contributed by atoms with Crippen molar-refractivity contribution in [1.29, 1.82) is 0 Å². The van der Waals surface area contributed by atoms with Gasteiger partial charge in [0.1, 0.15) is 0 Å². The van der Waals surface area contributed by atoms with Crippen molar-refractivity contribution in [3.05, 3.63) is 71.9 Å². The van der Waals surface area contributed by atoms with E-state index in [1.165, 1.54) is 12.1 Å². The molecule has 0 unspecified atom stereocenters. The Hall–Kier alpha value is -2.79. The molecular formula is C17H19N3O2. The van der Waals surface area contributed by atoms with E-state index in [9.17, 15) is 4.79 Å². The zero-order valence-electron chi connectivity index (χ0n) is 12.4. The van der Waals surface area contributed by atoms with Crippen LogP contribution in [0, 0.1) is 0 Å². The van der Waals surface area contributed by atoms with Gasteiger partial charge in [-0.1, -0.05) is 48.5 Å². The van der Waals surface area contributed by atoms with Gasteiger partial charge in [0.25, 0.3) is 0 Å². The second kappa shape index (κ2) is 7.28. The summed E-state index contributed by atoms with van der Waals surface area (Å²) in [5.74, 6) is 5.77. The molecule has 0 aliphatic carbocycles. The summed E-state index contributed by atoms with van der Waals surface area (Å²) in [6.45, 7) is 0. The minimum atomic E-state index is -0.403. The lowest BCUT2D eigenvalue weighted by Gasteiger charge is -2.23. The van der Waals surface area contributed by atoms with E-state index in [-0.39, 0.29) is 6.42 Å². The van der Waals surface area contributed by atoms with Gasteiger partial charge < -0.3 is 10.5 Å². The number of rotatable bonds is 5. The normalized spacial score (nSPS) is 11.5. The summed E-state index contributed by atoms with van der Waals surface area (Å²) in [4.78, 5) is 11.7. The molecule has 2 aromatic rings. The van der Waals surface area contributed by atoms with Crippen molar-refractivity contribution >= 4 is 17.4 Å². The number of nitrogens with zero attached hydrogens (tertiary/aromatic N) is 1. The standard InChI is InChI=1S/C17H19N3O2/c1-22-16(21)12-15(17(18)13-8-4-2-5-9-13)20(19)14-10-6-3-7-11-14/h2-11H,12,18-19H2,1H3/b17-15-. The Morgan fingerprint density at radius 2 is 1.59 bits per heavy atom. The number of nitrogens with two attached hydrogens (primary N) is 2. The largest absolute Gasteiger partial charge is 0.469 e. The van der Waals surface area contributed by atoms with Gasteiger partial charge in [-0.15, -0.1) is 0 Å². The van der Waals surface area contributed by atoms with Crippen molar-refractivity contribution in [2.75, 3.05) is 12.1 Å². The van der Waals surface area contributed by atoms with Crippen LogP contribution in [0.15, 0.2) is 66.4 Å². The van der Waals surface area contributed by atoms with E-state index in [1.807, 2.05) is 60.7 Å². The number of hydrazine groups is 1. The summed E-state index contributed by atoms with van der Waals surface area (Å²) in [5.41, 5.74) is 8.70. The zero-order chi connectivity index (χ0) is 15.9. The summed E-state index contributed by atoms with van der Waals surface area (Å²) in [7, 11) is 1.34. The van der Waals surface area contributed by atoms with Crippen molar-refractivity contribution in [3.63, 3.8) is 0 Å². The number of methoxy groups -OCH3 is 1. The average Bonchev–Trinajstić information content (AvgIpc) is 2.59. The highest BCUT2D eigenvalue weighted by molar-refractivity contribution is 5.80. The first kappa shape index (κ1) is 15.6. The first-order valence-corrected chi connectivity index (χ1v) is 6.84. The van der Waals surface area contributed by atoms with Gasteiger partial charge in [-0.3, -0.25) is 9.80 Å². The molecule has 5 heteroatoms. The van der Waals surface area contributed by atoms with Gasteiger partial charge in [0.2, 0.25) is 0 Å². The second-order valence-corrected chi connectivity index (χ2v) is 4.68. The molecular weight excluding hydrogens is 278 g/mol. The van der Waals surface area contributed by atoms with E-state index in [1.54, 1.807) is 0 Å². The molecule has 0 saturated carbocycles. The molecule has 0 saturated heterocycles. The molecule has 0 amide bonds. The number of benzene rings is 2. The average molecular weight is 297 g/mol. The monoisotopic (exact) mass is 297 g/mol. The lowest BCUT2D eigenvalue weighted by molar-refractivity contribution is -0.139. The first-order valence-electron chi connectivity index (χ1n) is 6.84. The Morgan fingerprint density at radius 1 is 1.05 bits per heavy atom. The Balaban J connectivity index is 2.44. The highest BCUT2D eigenvalue weighted by Gasteiger charge is 2.17. The van der Waals surface area contributed by atoms with Crippen molar-refractivity contribution in [2.45, 2.75) is 6.42 Å². The molecule has 22 heavy (non-hydrogen) atoms. The van der Waals surface area contributed by atoms with Gasteiger partial charge in [0.15, 0.2) is 0 Å². The molecule has 0 aromatic heterocycles. The summed E-state index contributed by atoms with van der Waals surface area (Å²) in [5, 5.41) is 1.42. The molecule has 2 aromatic carbocycles. The molecule has 0 aliphatic heterocycles. The fourth-order valence-electron chi connectivity index (χ4n) is 2.05. The lowest BCUT2D eigenvalue weighted by atomic mass is 10.1. The van der Waals surface area contributed by atoms with Crippen LogP contribution in [0.3, 0.4) is 0 Å². The van der Waals surface area contributed by atoms with Crippen LogP contribution >= 0.6 is 0 Å². The second-order valence-electron chi connectivity index (χ2n) is 4.68. The van der Waals surface area contributed by atoms with Crippen LogP contribution in [0.4, 0.5) is 5.69 Å².